The molecule has 2 amide bonds. The summed E-state index contributed by atoms with van der Waals surface area (Å²) >= 11 is 5.24. The zero-order valence-electron chi connectivity index (χ0n) is 47.6. The molecule has 438 valence electrons. The number of thiocarbonyl (C=S) groups is 1. The molecule has 7 aromatic carbocycles. The summed E-state index contributed by atoms with van der Waals surface area (Å²) in [7, 11) is -52.1. The van der Waals surface area contributed by atoms with Gasteiger partial charge in [0.1, 0.15) is 91.1 Å². The zero-order valence-corrected chi connectivity index (χ0v) is 73.7. The van der Waals surface area contributed by atoms with Gasteiger partial charge in [0, 0.05) is 33.0 Å². The molecule has 0 aliphatic carbocycles. The van der Waals surface area contributed by atoms with E-state index in [1.54, 1.807) is 0 Å². The topological polar surface area (TPSA) is 597 Å². The van der Waals surface area contributed by atoms with E-state index in [1.807, 2.05) is 10.6 Å². The molecule has 0 radical (unpaired) electrons. The standard InChI is InChI=1S/C39H28N4O29S10.9Na/c44-37(41-28-10-22(74(46,47)48)4-16-7-25(77(55,56)57)13-31(34(16)28)80(64,65)66)19-1-20(38(45)42-29-11-23(75(49,50)51)5-17-8-26(78(58,59)60)14-32(35(17)29)81(67,68)69)3-21(2-19)40-39(73)43-30-12-24(76(52,53)54)6-18-9-27(79(61,62)63)15-33(36(18)30)82(70,71)72;;;;;;;;;/h1-15H,(H,41,44)(H,42,45)(H2,40,43,73)(H,46,47,48)(H,49,50,51)(H,52,53,54)(H,55,56,57)(H,58,59,60)(H,61,62,63)(H,64,65,66)(H,67,68,69)(H,70,71,72);;;;;;;;;/q;9*+1/p-9. The Morgan fingerprint density at radius 2 is 0.484 bits per heavy atom. The minimum Gasteiger partial charge on any atom is -0.744 e. The third-order valence-electron chi connectivity index (χ3n) is 10.9. The summed E-state index contributed by atoms with van der Waals surface area (Å²) in [6.45, 7) is 0. The van der Waals surface area contributed by atoms with Gasteiger partial charge in [-0.3, -0.25) is 9.59 Å². The number of carbonyl (C=O) groups is 2. The van der Waals surface area contributed by atoms with E-state index in [0.29, 0.717) is 36.4 Å². The molecule has 0 aliphatic rings. The van der Waals surface area contributed by atoms with Crippen molar-refractivity contribution in [2.75, 3.05) is 21.3 Å². The molecule has 0 saturated heterocycles. The molecule has 0 saturated carbocycles. The Balaban J connectivity index is -0.00000860. The summed E-state index contributed by atoms with van der Waals surface area (Å²) in [5, 5.41) is 1.13. The van der Waals surface area contributed by atoms with Crippen LogP contribution in [0.15, 0.2) is 135 Å². The fraction of sp³-hybridized carbons (Fsp3) is 0. The molecule has 91 heavy (non-hydrogen) atoms. The van der Waals surface area contributed by atoms with E-state index < -0.39 is 218 Å². The van der Waals surface area contributed by atoms with E-state index in [0.717, 1.165) is 0 Å². The van der Waals surface area contributed by atoms with Gasteiger partial charge in [0.2, 0.25) is 0 Å². The average Bonchev–Trinajstić information content (AvgIpc) is 0.838. The summed E-state index contributed by atoms with van der Waals surface area (Å²) in [6.07, 6.45) is 0. The largest absolute Gasteiger partial charge is 1.00 e. The van der Waals surface area contributed by atoms with Gasteiger partial charge in [-0.25, -0.2) is 75.8 Å². The van der Waals surface area contributed by atoms with Crippen molar-refractivity contribution < 1.29 is 392 Å². The molecule has 0 fully saturated rings. The first kappa shape index (κ1) is 97.3. The van der Waals surface area contributed by atoms with Crippen LogP contribution in [0.2, 0.25) is 0 Å². The second-order valence-corrected chi connectivity index (χ2v) is 29.1. The van der Waals surface area contributed by atoms with E-state index in [4.69, 9.17) is 12.2 Å². The van der Waals surface area contributed by atoms with Crippen LogP contribution >= 0.6 is 12.2 Å². The molecule has 0 aliphatic heterocycles. The maximum Gasteiger partial charge on any atom is 1.00 e. The van der Waals surface area contributed by atoms with Crippen LogP contribution in [0.4, 0.5) is 22.7 Å². The van der Waals surface area contributed by atoms with E-state index in [-0.39, 0.29) is 321 Å². The van der Waals surface area contributed by atoms with Crippen LogP contribution in [0.3, 0.4) is 0 Å². The number of benzene rings is 7. The molecule has 33 nitrogen and oxygen atoms in total. The number of hydrogen-bond donors (Lipinski definition) is 4. The van der Waals surface area contributed by atoms with Gasteiger partial charge in [0.25, 0.3) is 11.8 Å². The first-order valence-electron chi connectivity index (χ1n) is 20.4. The second kappa shape index (κ2) is 35.4. The number of hydrogen-bond acceptors (Lipinski definition) is 30. The van der Waals surface area contributed by atoms with Gasteiger partial charge in [-0.15, -0.1) is 0 Å². The Labute approximate surface area is 721 Å². The van der Waals surface area contributed by atoms with Crippen molar-refractivity contribution in [2.45, 2.75) is 44.1 Å². The Bertz CT molecular complexity index is 4980. The molecule has 4 N–H and O–H groups in total. The molecular weight excluding hydrogens is 1520 g/mol. The van der Waals surface area contributed by atoms with Gasteiger partial charge >= 0.3 is 266 Å². The molecule has 0 bridgehead atoms. The SMILES string of the molecule is O=C(Nc1cc(S(=O)(=O)[O-])cc2cc(S(=O)(=O)[O-])cc(S(=O)(=O)[O-])c12)c1cc(NC(=S)Nc2cc(S(=O)(=O)[O-])cc3cc(S(=O)(=O)[O-])cc(S(=O)(=O)[O-])c23)cc(C(=O)Nc2cc(S(=O)(=O)[O-])cc3cc(S(=O)(=O)[O-])cc(S(=O)(=O)[O-])c23)c1.[Na+].[Na+].[Na+].[Na+].[Na+].[Na+].[Na+].[Na+].[Na+]. The number of fused-ring (bicyclic) bond motifs is 3. The molecule has 0 atom stereocenters. The predicted octanol–water partition coefficient (Wildman–Crippen LogP) is -27.4. The first-order valence-corrected chi connectivity index (χ1v) is 33.4. The van der Waals surface area contributed by atoms with Crippen molar-refractivity contribution in [3.05, 3.63) is 102 Å². The van der Waals surface area contributed by atoms with Crippen LogP contribution < -0.4 is 287 Å². The first-order chi connectivity index (χ1) is 37.0. The van der Waals surface area contributed by atoms with Gasteiger partial charge in [0.05, 0.1) is 61.1 Å². The number of anilines is 4. The molecule has 0 heterocycles. The average molecular weight is 1540 g/mol. The van der Waals surface area contributed by atoms with Gasteiger partial charge in [0.15, 0.2) is 5.11 Å². The monoisotopic (exact) mass is 1530 g/mol. The van der Waals surface area contributed by atoms with E-state index >= 15 is 0 Å². The van der Waals surface area contributed by atoms with Crippen LogP contribution in [-0.4, -0.2) is 134 Å². The smallest absolute Gasteiger partial charge is 0.744 e. The van der Waals surface area contributed by atoms with Crippen LogP contribution in [0.5, 0.6) is 0 Å². The van der Waals surface area contributed by atoms with Crippen molar-refractivity contribution in [1.82, 2.24) is 0 Å². The maximum atomic E-state index is 14.3. The normalized spacial score (nSPS) is 11.9. The third-order valence-corrected chi connectivity index (χ3v) is 18.5. The quantitative estimate of drug-likeness (QED) is 0.0421. The fourth-order valence-corrected chi connectivity index (χ4v) is 13.6. The summed E-state index contributed by atoms with van der Waals surface area (Å²) in [5.41, 5.74) is -6.13. The fourth-order valence-electron chi connectivity index (χ4n) is 7.66. The Kier molecular flexibility index (Phi) is 37.8. The van der Waals surface area contributed by atoms with Crippen LogP contribution in [0.25, 0.3) is 32.3 Å². The van der Waals surface area contributed by atoms with Gasteiger partial charge in [-0.05, 0) is 119 Å². The minimum absolute atomic E-state index is 0. The Morgan fingerprint density at radius 3 is 0.692 bits per heavy atom. The molecule has 0 spiro atoms. The number of carbonyl (C=O) groups excluding carboxylic acids is 2. The molecule has 7 aromatic rings. The molecular formula is C39H19N4Na9O29S10. The van der Waals surface area contributed by atoms with Gasteiger partial charge in [-0.1, -0.05) is 0 Å². The number of amides is 2. The van der Waals surface area contributed by atoms with Crippen LogP contribution in [0, 0.1) is 0 Å². The molecule has 0 unspecified atom stereocenters. The zero-order chi connectivity index (χ0) is 61.8. The predicted molar refractivity (Wildman–Crippen MR) is 266 cm³/mol. The van der Waals surface area contributed by atoms with Crippen molar-refractivity contribution in [2.24, 2.45) is 0 Å². The summed E-state index contributed by atoms with van der Waals surface area (Å²) in [5.74, 6) is -3.45. The Morgan fingerprint density at radius 1 is 0.275 bits per heavy atom. The summed E-state index contributed by atoms with van der Waals surface area (Å²) in [6, 6.07) is 4.28. The molecule has 7 rings (SSSR count). The van der Waals surface area contributed by atoms with E-state index in [1.165, 1.54) is 0 Å². The van der Waals surface area contributed by atoms with Gasteiger partial charge in [-0.2, -0.15) is 0 Å². The van der Waals surface area contributed by atoms with Crippen molar-refractivity contribution in [3.63, 3.8) is 0 Å². The van der Waals surface area contributed by atoms with Crippen molar-refractivity contribution in [3.8, 4) is 0 Å². The van der Waals surface area contributed by atoms with Crippen LogP contribution in [-0.2, 0) is 91.1 Å². The van der Waals surface area contributed by atoms with Crippen LogP contribution in [0.1, 0.15) is 20.7 Å². The Hall–Kier alpha value is 2.14. The third kappa shape index (κ3) is 24.1. The number of nitrogens with one attached hydrogen (secondary N) is 4. The summed E-state index contributed by atoms with van der Waals surface area (Å²) in [4.78, 5) is 15.3. The maximum absolute atomic E-state index is 14.3. The van der Waals surface area contributed by atoms with Crippen molar-refractivity contribution in [1.29, 1.82) is 0 Å². The van der Waals surface area contributed by atoms with Gasteiger partial charge < -0.3 is 62.2 Å². The minimum atomic E-state index is -5.99. The van der Waals surface area contributed by atoms with E-state index in [2.05, 4.69) is 10.6 Å². The second-order valence-electron chi connectivity index (χ2n) is 16.3. The summed E-state index contributed by atoms with van der Waals surface area (Å²) < 4.78 is 331. The number of rotatable bonds is 15. The molecule has 52 heteroatoms. The van der Waals surface area contributed by atoms with Crippen molar-refractivity contribution >= 4 is 175 Å². The molecule has 0 aromatic heterocycles. The van der Waals surface area contributed by atoms with E-state index in [9.17, 15) is 126 Å².